The lowest BCUT2D eigenvalue weighted by atomic mass is 9.88. The van der Waals surface area contributed by atoms with Gasteiger partial charge in [0.15, 0.2) is 5.82 Å². The van der Waals surface area contributed by atoms with E-state index in [1.807, 2.05) is 30.3 Å². The fraction of sp³-hybridized carbons (Fsp3) is 0.129. The zero-order chi connectivity index (χ0) is 26.5. The van der Waals surface area contributed by atoms with Gasteiger partial charge in [-0.15, -0.1) is 0 Å². The Morgan fingerprint density at radius 3 is 1.95 bits per heavy atom. The van der Waals surface area contributed by atoms with Gasteiger partial charge in [0, 0.05) is 19.3 Å². The Kier molecular flexibility index (Phi) is 7.23. The van der Waals surface area contributed by atoms with E-state index in [2.05, 4.69) is 11.1 Å². The van der Waals surface area contributed by atoms with Crippen molar-refractivity contribution in [3.63, 3.8) is 0 Å². The van der Waals surface area contributed by atoms with Crippen molar-refractivity contribution in [2.24, 2.45) is 0 Å². The van der Waals surface area contributed by atoms with Crippen molar-refractivity contribution in [1.29, 1.82) is 5.26 Å². The summed E-state index contributed by atoms with van der Waals surface area (Å²) in [6, 6.07) is 26.9. The molecule has 7 heteroatoms. The summed E-state index contributed by atoms with van der Waals surface area (Å²) in [6.45, 7) is 0.885. The lowest BCUT2D eigenvalue weighted by molar-refractivity contribution is 0.203. The third-order valence-electron chi connectivity index (χ3n) is 6.58. The van der Waals surface area contributed by atoms with Crippen LogP contribution in [0.25, 0.3) is 5.57 Å². The number of aromatic nitrogens is 1. The first-order chi connectivity index (χ1) is 18.5. The van der Waals surface area contributed by atoms with E-state index in [0.717, 1.165) is 22.3 Å². The van der Waals surface area contributed by atoms with Gasteiger partial charge in [0.1, 0.15) is 17.7 Å². The standard InChI is InChI=1S/C31H24F2N4O/c32-26-12-8-22(9-13-26)29(23-10-14-27(33)15-11-23)24-16-19-36(20-17-24)31(38)37(28-6-2-1-3-7-28)30-25(21-34)5-4-18-35-30/h1-15,18H,16-17,19-20H2. The summed E-state index contributed by atoms with van der Waals surface area (Å²) in [5.41, 5.74) is 4.63. The maximum Gasteiger partial charge on any atom is 0.330 e. The molecule has 1 aromatic heterocycles. The van der Waals surface area contributed by atoms with Crippen LogP contribution in [0, 0.1) is 23.0 Å². The highest BCUT2D eigenvalue weighted by Gasteiger charge is 2.29. The van der Waals surface area contributed by atoms with Crippen LogP contribution in [0.3, 0.4) is 0 Å². The molecule has 0 spiro atoms. The number of anilines is 2. The zero-order valence-electron chi connectivity index (χ0n) is 20.5. The SMILES string of the molecule is N#Cc1cccnc1N(C(=O)N1CCC(=C(c2ccc(F)cc2)c2ccc(F)cc2)CC1)c1ccccc1. The van der Waals surface area contributed by atoms with Gasteiger partial charge < -0.3 is 4.90 Å². The number of amides is 2. The maximum absolute atomic E-state index is 13.9. The number of halogens is 2. The van der Waals surface area contributed by atoms with Crippen LogP contribution in [0.4, 0.5) is 25.1 Å². The summed E-state index contributed by atoms with van der Waals surface area (Å²) >= 11 is 0. The third kappa shape index (κ3) is 5.16. The van der Waals surface area contributed by atoms with Crippen molar-refractivity contribution in [1.82, 2.24) is 9.88 Å². The Labute approximate surface area is 219 Å². The number of rotatable bonds is 4. The predicted octanol–water partition coefficient (Wildman–Crippen LogP) is 7.09. The summed E-state index contributed by atoms with van der Waals surface area (Å²) in [4.78, 5) is 21.5. The molecule has 2 heterocycles. The molecule has 1 fully saturated rings. The van der Waals surface area contributed by atoms with Gasteiger partial charge in [-0.05, 0) is 78.1 Å². The van der Waals surface area contributed by atoms with Gasteiger partial charge in [-0.3, -0.25) is 0 Å². The molecule has 0 saturated carbocycles. The minimum atomic E-state index is -0.329. The molecule has 188 valence electrons. The predicted molar refractivity (Wildman–Crippen MR) is 143 cm³/mol. The third-order valence-corrected chi connectivity index (χ3v) is 6.58. The average Bonchev–Trinajstić information content (AvgIpc) is 2.96. The molecule has 38 heavy (non-hydrogen) atoms. The second kappa shape index (κ2) is 11.1. The number of nitriles is 1. The van der Waals surface area contributed by atoms with Crippen LogP contribution in [-0.4, -0.2) is 29.0 Å². The molecule has 0 aliphatic carbocycles. The average molecular weight is 507 g/mol. The molecule has 0 atom stereocenters. The monoisotopic (exact) mass is 506 g/mol. The van der Waals surface area contributed by atoms with Crippen LogP contribution in [0.2, 0.25) is 0 Å². The smallest absolute Gasteiger partial charge is 0.323 e. The largest absolute Gasteiger partial charge is 0.330 e. The molecule has 5 nitrogen and oxygen atoms in total. The molecule has 3 aromatic carbocycles. The first-order valence-electron chi connectivity index (χ1n) is 12.3. The van der Waals surface area contributed by atoms with E-state index in [4.69, 9.17) is 0 Å². The van der Waals surface area contributed by atoms with Gasteiger partial charge in [0.05, 0.1) is 11.3 Å². The number of piperidine rings is 1. The van der Waals surface area contributed by atoms with Crippen LogP contribution in [0.15, 0.2) is 103 Å². The normalized spacial score (nSPS) is 13.1. The first kappa shape index (κ1) is 24.8. The first-order valence-corrected chi connectivity index (χ1v) is 12.3. The molecule has 0 unspecified atom stereocenters. The van der Waals surface area contributed by atoms with Gasteiger partial charge in [-0.1, -0.05) is 48.0 Å². The highest BCUT2D eigenvalue weighted by molar-refractivity contribution is 5.99. The maximum atomic E-state index is 13.9. The van der Waals surface area contributed by atoms with E-state index in [1.54, 1.807) is 47.5 Å². The number of carbonyl (C=O) groups excluding carboxylic acids is 1. The Morgan fingerprint density at radius 1 is 0.816 bits per heavy atom. The van der Waals surface area contributed by atoms with Gasteiger partial charge in [-0.2, -0.15) is 5.26 Å². The number of likely N-dealkylation sites (tertiary alicyclic amines) is 1. The lowest BCUT2D eigenvalue weighted by Gasteiger charge is -2.34. The molecule has 0 radical (unpaired) electrons. The topological polar surface area (TPSA) is 60.2 Å². The number of urea groups is 1. The quantitative estimate of drug-likeness (QED) is 0.297. The molecule has 1 saturated heterocycles. The van der Waals surface area contributed by atoms with Crippen molar-refractivity contribution >= 4 is 23.1 Å². The molecular formula is C31H24F2N4O. The highest BCUT2D eigenvalue weighted by atomic mass is 19.1. The molecule has 1 aliphatic heterocycles. The Bertz CT molecular complexity index is 1450. The second-order valence-corrected chi connectivity index (χ2v) is 8.92. The van der Waals surface area contributed by atoms with E-state index < -0.39 is 0 Å². The Balaban J connectivity index is 1.47. The Morgan fingerprint density at radius 2 is 1.39 bits per heavy atom. The van der Waals surface area contributed by atoms with Crippen molar-refractivity contribution in [3.05, 3.63) is 131 Å². The van der Waals surface area contributed by atoms with Gasteiger partial charge in [-0.25, -0.2) is 23.5 Å². The summed E-state index contributed by atoms with van der Waals surface area (Å²) in [5.74, 6) is -0.374. The zero-order valence-corrected chi connectivity index (χ0v) is 20.5. The number of hydrogen-bond donors (Lipinski definition) is 0. The van der Waals surface area contributed by atoms with Crippen molar-refractivity contribution in [2.75, 3.05) is 18.0 Å². The number of nitrogens with zero attached hydrogens (tertiary/aromatic N) is 4. The van der Waals surface area contributed by atoms with E-state index in [1.165, 1.54) is 29.2 Å². The van der Waals surface area contributed by atoms with Gasteiger partial charge in [0.2, 0.25) is 0 Å². The van der Waals surface area contributed by atoms with Crippen LogP contribution in [0.5, 0.6) is 0 Å². The van der Waals surface area contributed by atoms with Gasteiger partial charge >= 0.3 is 6.03 Å². The number of hydrogen-bond acceptors (Lipinski definition) is 3. The number of pyridine rings is 1. The highest BCUT2D eigenvalue weighted by Crippen LogP contribution is 2.34. The van der Waals surface area contributed by atoms with E-state index >= 15 is 0 Å². The fourth-order valence-corrected chi connectivity index (χ4v) is 4.73. The molecule has 2 amide bonds. The van der Waals surface area contributed by atoms with E-state index in [0.29, 0.717) is 37.2 Å². The van der Waals surface area contributed by atoms with Gasteiger partial charge in [0.25, 0.3) is 0 Å². The van der Waals surface area contributed by atoms with Crippen molar-refractivity contribution < 1.29 is 13.6 Å². The summed E-state index contributed by atoms with van der Waals surface area (Å²) in [5, 5.41) is 9.66. The lowest BCUT2D eigenvalue weighted by Crippen LogP contribution is -2.44. The minimum Gasteiger partial charge on any atom is -0.323 e. The number of carbonyl (C=O) groups is 1. The Hall–Kier alpha value is -4.83. The molecular weight excluding hydrogens is 482 g/mol. The fourth-order valence-electron chi connectivity index (χ4n) is 4.73. The summed E-state index contributed by atoms with van der Waals surface area (Å²) < 4.78 is 27.3. The molecule has 0 bridgehead atoms. The minimum absolute atomic E-state index is 0.268. The van der Waals surface area contributed by atoms with Crippen molar-refractivity contribution in [2.45, 2.75) is 12.8 Å². The van der Waals surface area contributed by atoms with E-state index in [-0.39, 0.29) is 23.5 Å². The van der Waals surface area contributed by atoms with Crippen LogP contribution < -0.4 is 4.90 Å². The van der Waals surface area contributed by atoms with Crippen LogP contribution >= 0.6 is 0 Å². The molecule has 1 aliphatic rings. The summed E-state index contributed by atoms with van der Waals surface area (Å²) in [6.07, 6.45) is 2.74. The van der Waals surface area contributed by atoms with Crippen molar-refractivity contribution in [3.8, 4) is 6.07 Å². The number of para-hydroxylation sites is 1. The van der Waals surface area contributed by atoms with Crippen LogP contribution in [0.1, 0.15) is 29.5 Å². The van der Waals surface area contributed by atoms with Crippen LogP contribution in [-0.2, 0) is 0 Å². The molecule has 4 aromatic rings. The second-order valence-electron chi connectivity index (χ2n) is 8.92. The number of benzene rings is 3. The molecule has 5 rings (SSSR count). The molecule has 0 N–H and O–H groups in total. The van der Waals surface area contributed by atoms with E-state index in [9.17, 15) is 18.8 Å². The summed E-state index contributed by atoms with van der Waals surface area (Å²) in [7, 11) is 0.